The first-order chi connectivity index (χ1) is 18.6. The number of ether oxygens (including phenoxy) is 2. The SMILES string of the molecule is COc1cccc(-c2ccc(N3CCN(C(=O)CN(C[C@H]4CCCO4)C(=O)c4ccccc4)CC3)nn2)c1. The van der Waals surface area contributed by atoms with Crippen LogP contribution in [0.1, 0.15) is 23.2 Å². The second-order valence-corrected chi connectivity index (χ2v) is 9.56. The molecule has 0 saturated carbocycles. The zero-order valence-electron chi connectivity index (χ0n) is 21.7. The summed E-state index contributed by atoms with van der Waals surface area (Å²) in [5.41, 5.74) is 2.30. The zero-order valence-corrected chi connectivity index (χ0v) is 21.7. The summed E-state index contributed by atoms with van der Waals surface area (Å²) in [6.45, 7) is 3.60. The molecule has 2 saturated heterocycles. The van der Waals surface area contributed by atoms with Gasteiger partial charge in [-0.2, -0.15) is 0 Å². The summed E-state index contributed by atoms with van der Waals surface area (Å²) in [5, 5.41) is 8.84. The van der Waals surface area contributed by atoms with Crippen molar-refractivity contribution in [2.24, 2.45) is 0 Å². The number of methoxy groups -OCH3 is 1. The van der Waals surface area contributed by atoms with Gasteiger partial charge in [0.1, 0.15) is 12.3 Å². The summed E-state index contributed by atoms with van der Waals surface area (Å²) >= 11 is 0. The maximum atomic E-state index is 13.2. The lowest BCUT2D eigenvalue weighted by molar-refractivity contribution is -0.132. The maximum absolute atomic E-state index is 13.2. The Morgan fingerprint density at radius 3 is 2.50 bits per heavy atom. The quantitative estimate of drug-likeness (QED) is 0.456. The van der Waals surface area contributed by atoms with Gasteiger partial charge in [-0.05, 0) is 49.2 Å². The fourth-order valence-corrected chi connectivity index (χ4v) is 4.90. The van der Waals surface area contributed by atoms with Gasteiger partial charge in [0.05, 0.1) is 18.9 Å². The van der Waals surface area contributed by atoms with E-state index >= 15 is 0 Å². The topological polar surface area (TPSA) is 88.1 Å². The molecule has 38 heavy (non-hydrogen) atoms. The average molecular weight is 516 g/mol. The first kappa shape index (κ1) is 25.7. The minimum Gasteiger partial charge on any atom is -0.497 e. The van der Waals surface area contributed by atoms with Crippen LogP contribution < -0.4 is 9.64 Å². The van der Waals surface area contributed by atoms with Crippen molar-refractivity contribution in [3.63, 3.8) is 0 Å². The Hall–Kier alpha value is -3.98. The summed E-state index contributed by atoms with van der Waals surface area (Å²) in [6, 6.07) is 20.8. The maximum Gasteiger partial charge on any atom is 0.254 e. The second-order valence-electron chi connectivity index (χ2n) is 9.56. The Labute approximate surface area is 223 Å². The van der Waals surface area contributed by atoms with Crippen LogP contribution in [-0.2, 0) is 9.53 Å². The second kappa shape index (κ2) is 12.0. The highest BCUT2D eigenvalue weighted by molar-refractivity contribution is 5.96. The number of piperazine rings is 1. The van der Waals surface area contributed by atoms with Crippen molar-refractivity contribution < 1.29 is 19.1 Å². The number of hydrogen-bond acceptors (Lipinski definition) is 7. The molecule has 0 N–H and O–H groups in total. The molecule has 9 heteroatoms. The van der Waals surface area contributed by atoms with Gasteiger partial charge in [0.2, 0.25) is 5.91 Å². The molecule has 0 unspecified atom stereocenters. The van der Waals surface area contributed by atoms with Crippen LogP contribution in [0.15, 0.2) is 66.7 Å². The molecule has 2 aliphatic heterocycles. The number of hydrogen-bond donors (Lipinski definition) is 0. The molecule has 2 fully saturated rings. The molecule has 2 amide bonds. The number of rotatable bonds is 8. The van der Waals surface area contributed by atoms with Crippen molar-refractivity contribution in [1.82, 2.24) is 20.0 Å². The van der Waals surface area contributed by atoms with Crippen LogP contribution in [0.5, 0.6) is 5.75 Å². The predicted octanol–water partition coefficient (Wildman–Crippen LogP) is 3.12. The van der Waals surface area contributed by atoms with E-state index in [1.165, 1.54) is 0 Å². The van der Waals surface area contributed by atoms with Crippen molar-refractivity contribution >= 4 is 17.6 Å². The van der Waals surface area contributed by atoms with Gasteiger partial charge in [0, 0.05) is 50.5 Å². The number of aromatic nitrogens is 2. The first-order valence-corrected chi connectivity index (χ1v) is 13.1. The lowest BCUT2D eigenvalue weighted by Crippen LogP contribution is -2.52. The van der Waals surface area contributed by atoms with Crippen LogP contribution in [0.2, 0.25) is 0 Å². The lowest BCUT2D eigenvalue weighted by atomic mass is 10.1. The van der Waals surface area contributed by atoms with Crippen molar-refractivity contribution in [2.75, 3.05) is 57.9 Å². The molecule has 3 heterocycles. The molecule has 9 nitrogen and oxygen atoms in total. The van der Waals surface area contributed by atoms with E-state index in [-0.39, 0.29) is 24.5 Å². The van der Waals surface area contributed by atoms with Gasteiger partial charge in [0.25, 0.3) is 5.91 Å². The van der Waals surface area contributed by atoms with Gasteiger partial charge in [-0.15, -0.1) is 10.2 Å². The van der Waals surface area contributed by atoms with Gasteiger partial charge in [-0.3, -0.25) is 9.59 Å². The molecule has 198 valence electrons. The van der Waals surface area contributed by atoms with E-state index in [1.54, 1.807) is 24.1 Å². The highest BCUT2D eigenvalue weighted by atomic mass is 16.5. The number of amides is 2. The smallest absolute Gasteiger partial charge is 0.254 e. The minimum absolute atomic E-state index is 0.0224. The number of carbonyl (C=O) groups excluding carboxylic acids is 2. The fourth-order valence-electron chi connectivity index (χ4n) is 4.90. The molecule has 2 aromatic carbocycles. The van der Waals surface area contributed by atoms with E-state index in [4.69, 9.17) is 9.47 Å². The minimum atomic E-state index is -0.139. The van der Waals surface area contributed by atoms with Gasteiger partial charge >= 0.3 is 0 Å². The van der Waals surface area contributed by atoms with Crippen LogP contribution in [0.4, 0.5) is 5.82 Å². The summed E-state index contributed by atoms with van der Waals surface area (Å²) in [6.07, 6.45) is 1.87. The van der Waals surface area contributed by atoms with E-state index in [2.05, 4.69) is 15.1 Å². The van der Waals surface area contributed by atoms with Crippen LogP contribution in [0.25, 0.3) is 11.3 Å². The van der Waals surface area contributed by atoms with E-state index in [1.807, 2.05) is 59.5 Å². The van der Waals surface area contributed by atoms with Crippen molar-refractivity contribution in [3.8, 4) is 17.0 Å². The molecule has 3 aromatic rings. The van der Waals surface area contributed by atoms with Crippen molar-refractivity contribution in [3.05, 3.63) is 72.3 Å². The fraction of sp³-hybridized carbons (Fsp3) is 0.379. The van der Waals surface area contributed by atoms with Gasteiger partial charge < -0.3 is 24.2 Å². The zero-order chi connectivity index (χ0) is 26.3. The molecular formula is C29H33N5O4. The molecule has 2 aliphatic rings. The van der Waals surface area contributed by atoms with Crippen molar-refractivity contribution in [1.29, 1.82) is 0 Å². The Balaban J connectivity index is 1.18. The Morgan fingerprint density at radius 1 is 1.00 bits per heavy atom. The first-order valence-electron chi connectivity index (χ1n) is 13.1. The third-order valence-electron chi connectivity index (χ3n) is 7.05. The lowest BCUT2D eigenvalue weighted by Gasteiger charge is -2.36. The molecule has 0 spiro atoms. The standard InChI is InChI=1S/C29H33N5O4/c1-37-24-10-5-9-23(19-24)26-12-13-27(31-30-26)32-14-16-33(17-15-32)28(35)21-34(20-25-11-6-18-38-25)29(36)22-7-3-2-4-8-22/h2-5,7-10,12-13,19,25H,6,11,14-18,20-21H2,1H3/t25-/m1/s1. The van der Waals surface area contributed by atoms with E-state index in [0.29, 0.717) is 44.9 Å². The number of anilines is 1. The normalized spacial score (nSPS) is 17.3. The summed E-state index contributed by atoms with van der Waals surface area (Å²) in [4.78, 5) is 32.1. The Morgan fingerprint density at radius 2 is 1.82 bits per heavy atom. The van der Waals surface area contributed by atoms with Crippen LogP contribution in [0.3, 0.4) is 0 Å². The molecule has 0 aliphatic carbocycles. The number of carbonyl (C=O) groups is 2. The van der Waals surface area contributed by atoms with Crippen LogP contribution >= 0.6 is 0 Å². The summed E-state index contributed by atoms with van der Waals surface area (Å²) < 4.78 is 11.1. The number of benzene rings is 2. The third kappa shape index (κ3) is 6.11. The average Bonchev–Trinajstić information content (AvgIpc) is 3.50. The highest BCUT2D eigenvalue weighted by Crippen LogP contribution is 2.23. The largest absolute Gasteiger partial charge is 0.497 e. The van der Waals surface area contributed by atoms with Crippen LogP contribution in [0, 0.1) is 0 Å². The molecule has 0 bridgehead atoms. The predicted molar refractivity (Wildman–Crippen MR) is 144 cm³/mol. The molecule has 1 aromatic heterocycles. The van der Waals surface area contributed by atoms with Crippen LogP contribution in [-0.4, -0.2) is 90.9 Å². The highest BCUT2D eigenvalue weighted by Gasteiger charge is 2.28. The van der Waals surface area contributed by atoms with Gasteiger partial charge in [-0.25, -0.2) is 0 Å². The van der Waals surface area contributed by atoms with Gasteiger partial charge in [-0.1, -0.05) is 30.3 Å². The van der Waals surface area contributed by atoms with E-state index in [0.717, 1.165) is 35.7 Å². The van der Waals surface area contributed by atoms with Gasteiger partial charge in [0.15, 0.2) is 5.82 Å². The third-order valence-corrected chi connectivity index (χ3v) is 7.05. The summed E-state index contributed by atoms with van der Waals surface area (Å²) in [5.74, 6) is 1.36. The Kier molecular flexibility index (Phi) is 8.13. The number of nitrogens with zero attached hydrogens (tertiary/aromatic N) is 5. The molecular weight excluding hydrogens is 482 g/mol. The van der Waals surface area contributed by atoms with E-state index < -0.39 is 0 Å². The summed E-state index contributed by atoms with van der Waals surface area (Å²) in [7, 11) is 1.64. The van der Waals surface area contributed by atoms with E-state index in [9.17, 15) is 9.59 Å². The van der Waals surface area contributed by atoms with Crippen molar-refractivity contribution in [2.45, 2.75) is 18.9 Å². The monoisotopic (exact) mass is 515 g/mol. The molecule has 0 radical (unpaired) electrons. The molecule has 5 rings (SSSR count). The molecule has 1 atom stereocenters. The Bertz CT molecular complexity index is 1220.